The SMILES string of the molecule is O=C(Nc1ccc2ccccc2c1)N1CCC(O)(C(F)(F)F)CC1. The summed E-state index contributed by atoms with van der Waals surface area (Å²) in [5.74, 6) is 0. The predicted octanol–water partition coefficient (Wildman–Crippen LogP) is 3.76. The van der Waals surface area contributed by atoms with E-state index >= 15 is 0 Å². The summed E-state index contributed by atoms with van der Waals surface area (Å²) in [6.07, 6.45) is -5.70. The predicted molar refractivity (Wildman–Crippen MR) is 84.8 cm³/mol. The number of fused-ring (bicyclic) bond motifs is 1. The van der Waals surface area contributed by atoms with Gasteiger partial charge < -0.3 is 15.3 Å². The third-order valence-electron chi connectivity index (χ3n) is 4.41. The molecule has 1 saturated heterocycles. The normalized spacial score (nSPS) is 17.8. The maximum absolute atomic E-state index is 12.8. The Hall–Kier alpha value is -2.28. The molecule has 0 bridgehead atoms. The molecule has 1 aliphatic heterocycles. The van der Waals surface area contributed by atoms with E-state index in [1.165, 1.54) is 4.90 Å². The number of piperidine rings is 1. The maximum Gasteiger partial charge on any atom is 0.417 e. The number of nitrogens with one attached hydrogen (secondary N) is 1. The van der Waals surface area contributed by atoms with E-state index in [1.807, 2.05) is 36.4 Å². The molecule has 0 spiro atoms. The second-order valence-electron chi connectivity index (χ2n) is 6.01. The van der Waals surface area contributed by atoms with Crippen molar-refractivity contribution in [2.45, 2.75) is 24.6 Å². The molecule has 4 nitrogen and oxygen atoms in total. The Morgan fingerprint density at radius 1 is 1.08 bits per heavy atom. The number of alkyl halides is 3. The van der Waals surface area contributed by atoms with Crippen LogP contribution in [0.5, 0.6) is 0 Å². The summed E-state index contributed by atoms with van der Waals surface area (Å²) >= 11 is 0. The molecule has 2 aromatic rings. The van der Waals surface area contributed by atoms with Gasteiger partial charge in [0.25, 0.3) is 0 Å². The van der Waals surface area contributed by atoms with Crippen LogP contribution >= 0.6 is 0 Å². The summed E-state index contributed by atoms with van der Waals surface area (Å²) in [4.78, 5) is 13.5. The van der Waals surface area contributed by atoms with Gasteiger partial charge in [-0.2, -0.15) is 13.2 Å². The topological polar surface area (TPSA) is 52.6 Å². The molecule has 0 unspecified atom stereocenters. The van der Waals surface area contributed by atoms with Crippen molar-refractivity contribution >= 4 is 22.5 Å². The minimum absolute atomic E-state index is 0.143. The molecule has 0 saturated carbocycles. The molecular formula is C17H17F3N2O2. The summed E-state index contributed by atoms with van der Waals surface area (Å²) in [5.41, 5.74) is -2.12. The summed E-state index contributed by atoms with van der Waals surface area (Å²) in [6, 6.07) is 12.6. The average molecular weight is 338 g/mol. The Morgan fingerprint density at radius 3 is 2.33 bits per heavy atom. The first-order valence-electron chi connectivity index (χ1n) is 7.62. The van der Waals surface area contributed by atoms with Crippen LogP contribution < -0.4 is 5.32 Å². The number of nitrogens with zero attached hydrogens (tertiary/aromatic N) is 1. The summed E-state index contributed by atoms with van der Waals surface area (Å²) in [7, 11) is 0. The van der Waals surface area contributed by atoms with Gasteiger partial charge in [-0.05, 0) is 22.9 Å². The van der Waals surface area contributed by atoms with E-state index in [0.717, 1.165) is 10.8 Å². The van der Waals surface area contributed by atoms with E-state index in [1.54, 1.807) is 6.07 Å². The number of halogens is 3. The average Bonchev–Trinajstić information content (AvgIpc) is 2.54. The van der Waals surface area contributed by atoms with Crippen LogP contribution in [0.25, 0.3) is 10.8 Å². The van der Waals surface area contributed by atoms with E-state index in [-0.39, 0.29) is 13.1 Å². The molecule has 3 rings (SSSR count). The van der Waals surface area contributed by atoms with Crippen molar-refractivity contribution in [2.24, 2.45) is 0 Å². The van der Waals surface area contributed by atoms with Gasteiger partial charge in [-0.15, -0.1) is 0 Å². The van der Waals surface area contributed by atoms with Gasteiger partial charge in [-0.1, -0.05) is 30.3 Å². The van der Waals surface area contributed by atoms with E-state index in [4.69, 9.17) is 0 Å². The highest BCUT2D eigenvalue weighted by molar-refractivity contribution is 5.93. The van der Waals surface area contributed by atoms with Crippen molar-refractivity contribution in [1.29, 1.82) is 0 Å². The van der Waals surface area contributed by atoms with Crippen molar-refractivity contribution in [1.82, 2.24) is 4.90 Å². The van der Waals surface area contributed by atoms with Crippen LogP contribution in [0.1, 0.15) is 12.8 Å². The number of hydrogen-bond acceptors (Lipinski definition) is 2. The number of benzene rings is 2. The third kappa shape index (κ3) is 3.17. The molecule has 1 fully saturated rings. The first kappa shape index (κ1) is 16.6. The van der Waals surface area contributed by atoms with Crippen LogP contribution in [0, 0.1) is 0 Å². The minimum Gasteiger partial charge on any atom is -0.380 e. The molecule has 2 amide bonds. The molecule has 2 aromatic carbocycles. The van der Waals surface area contributed by atoms with Gasteiger partial charge in [0.05, 0.1) is 0 Å². The molecular weight excluding hydrogens is 321 g/mol. The monoisotopic (exact) mass is 338 g/mol. The molecule has 7 heteroatoms. The highest BCUT2D eigenvalue weighted by Crippen LogP contribution is 2.38. The minimum atomic E-state index is -4.67. The van der Waals surface area contributed by atoms with Crippen molar-refractivity contribution in [2.75, 3.05) is 18.4 Å². The quantitative estimate of drug-likeness (QED) is 0.832. The van der Waals surface area contributed by atoms with Crippen LogP contribution in [0.2, 0.25) is 0 Å². The summed E-state index contributed by atoms with van der Waals surface area (Å²) in [5, 5.41) is 14.3. The lowest BCUT2D eigenvalue weighted by Crippen LogP contribution is -2.55. The van der Waals surface area contributed by atoms with Gasteiger partial charge in [0.2, 0.25) is 0 Å². The van der Waals surface area contributed by atoms with Gasteiger partial charge in [-0.3, -0.25) is 0 Å². The molecule has 0 atom stereocenters. The van der Waals surface area contributed by atoms with Crippen molar-refractivity contribution < 1.29 is 23.1 Å². The second kappa shape index (κ2) is 5.98. The fraction of sp³-hybridized carbons (Fsp3) is 0.353. The lowest BCUT2D eigenvalue weighted by molar-refractivity contribution is -0.271. The first-order valence-corrected chi connectivity index (χ1v) is 7.62. The number of urea groups is 1. The maximum atomic E-state index is 12.8. The van der Waals surface area contributed by atoms with Crippen LogP contribution in [-0.4, -0.2) is 40.9 Å². The number of likely N-dealkylation sites (tertiary alicyclic amines) is 1. The number of aliphatic hydroxyl groups is 1. The molecule has 1 heterocycles. The van der Waals surface area contributed by atoms with Gasteiger partial charge in [0, 0.05) is 31.6 Å². The lowest BCUT2D eigenvalue weighted by Gasteiger charge is -2.38. The van der Waals surface area contributed by atoms with E-state index in [9.17, 15) is 23.1 Å². The largest absolute Gasteiger partial charge is 0.417 e. The highest BCUT2D eigenvalue weighted by Gasteiger charge is 2.54. The molecule has 128 valence electrons. The molecule has 0 aliphatic carbocycles. The Balaban J connectivity index is 1.65. The summed E-state index contributed by atoms with van der Waals surface area (Å²) < 4.78 is 38.3. The number of carbonyl (C=O) groups is 1. The molecule has 1 aliphatic rings. The zero-order valence-corrected chi connectivity index (χ0v) is 12.8. The Labute approximate surface area is 136 Å². The Bertz CT molecular complexity index is 753. The fourth-order valence-corrected chi connectivity index (χ4v) is 2.83. The van der Waals surface area contributed by atoms with Crippen LogP contribution in [0.4, 0.5) is 23.7 Å². The van der Waals surface area contributed by atoms with E-state index in [0.29, 0.717) is 5.69 Å². The van der Waals surface area contributed by atoms with Crippen LogP contribution in [-0.2, 0) is 0 Å². The number of amides is 2. The molecule has 0 radical (unpaired) electrons. The van der Waals surface area contributed by atoms with Gasteiger partial charge in [0.15, 0.2) is 5.60 Å². The van der Waals surface area contributed by atoms with Crippen molar-refractivity contribution in [3.05, 3.63) is 42.5 Å². The Kier molecular flexibility index (Phi) is 4.13. The standard InChI is InChI=1S/C17H17F3N2O2/c18-17(19,20)16(24)7-9-22(10-8-16)15(23)21-14-6-5-12-3-1-2-4-13(12)11-14/h1-6,11,24H,7-10H2,(H,21,23). The van der Waals surface area contributed by atoms with Crippen molar-refractivity contribution in [3.8, 4) is 0 Å². The van der Waals surface area contributed by atoms with Gasteiger partial charge in [-0.25, -0.2) is 4.79 Å². The van der Waals surface area contributed by atoms with E-state index in [2.05, 4.69) is 5.32 Å². The second-order valence-corrected chi connectivity index (χ2v) is 6.01. The first-order chi connectivity index (χ1) is 11.3. The fourth-order valence-electron chi connectivity index (χ4n) is 2.83. The number of anilines is 1. The zero-order chi connectivity index (χ0) is 17.4. The Morgan fingerprint density at radius 2 is 1.71 bits per heavy atom. The lowest BCUT2D eigenvalue weighted by atomic mass is 9.91. The summed E-state index contributed by atoms with van der Waals surface area (Å²) in [6.45, 7) is -0.287. The molecule has 0 aromatic heterocycles. The van der Waals surface area contributed by atoms with Crippen molar-refractivity contribution in [3.63, 3.8) is 0 Å². The van der Waals surface area contributed by atoms with Crippen LogP contribution in [0.15, 0.2) is 42.5 Å². The third-order valence-corrected chi connectivity index (χ3v) is 4.41. The highest BCUT2D eigenvalue weighted by atomic mass is 19.4. The smallest absolute Gasteiger partial charge is 0.380 e. The zero-order valence-electron chi connectivity index (χ0n) is 12.8. The number of rotatable bonds is 1. The van der Waals surface area contributed by atoms with Crippen LogP contribution in [0.3, 0.4) is 0 Å². The molecule has 2 N–H and O–H groups in total. The number of carbonyl (C=O) groups excluding carboxylic acids is 1. The number of hydrogen-bond donors (Lipinski definition) is 2. The van der Waals surface area contributed by atoms with Gasteiger partial charge in [0.1, 0.15) is 0 Å². The molecule has 24 heavy (non-hydrogen) atoms. The van der Waals surface area contributed by atoms with E-state index < -0.39 is 30.7 Å². The van der Waals surface area contributed by atoms with Gasteiger partial charge >= 0.3 is 12.2 Å².